The van der Waals surface area contributed by atoms with Crippen molar-refractivity contribution in [1.82, 2.24) is 4.90 Å². The molecule has 0 aliphatic carbocycles. The number of carbonyl (C=O) groups is 2. The van der Waals surface area contributed by atoms with E-state index in [2.05, 4.69) is 0 Å². The highest BCUT2D eigenvalue weighted by Gasteiger charge is 2.20. The lowest BCUT2D eigenvalue weighted by atomic mass is 10.1. The maximum atomic E-state index is 13.3. The Morgan fingerprint density at radius 3 is 2.62 bits per heavy atom. The van der Waals surface area contributed by atoms with E-state index in [4.69, 9.17) is 10.8 Å². The van der Waals surface area contributed by atoms with Crippen LogP contribution in [0.1, 0.15) is 10.4 Å². The van der Waals surface area contributed by atoms with Gasteiger partial charge in [0.1, 0.15) is 12.4 Å². The van der Waals surface area contributed by atoms with Gasteiger partial charge in [0, 0.05) is 12.7 Å². The fourth-order valence-corrected chi connectivity index (χ4v) is 1.23. The van der Waals surface area contributed by atoms with Gasteiger partial charge in [0.25, 0.3) is 5.91 Å². The minimum Gasteiger partial charge on any atom is -0.480 e. The van der Waals surface area contributed by atoms with Crippen LogP contribution in [0.15, 0.2) is 18.2 Å². The standard InChI is InChI=1S/C10H11FN2O3/c1-13(5-8(14)15)10(16)9-6(11)3-2-4-7(9)12/h2-4H,5,12H2,1H3,(H,14,15). The summed E-state index contributed by atoms with van der Waals surface area (Å²) in [5.74, 6) is -2.69. The highest BCUT2D eigenvalue weighted by atomic mass is 19.1. The maximum Gasteiger partial charge on any atom is 0.323 e. The van der Waals surface area contributed by atoms with Crippen molar-refractivity contribution < 1.29 is 19.1 Å². The number of hydrogen-bond donors (Lipinski definition) is 2. The Kier molecular flexibility index (Phi) is 3.44. The summed E-state index contributed by atoms with van der Waals surface area (Å²) in [6.45, 7) is -0.507. The van der Waals surface area contributed by atoms with Gasteiger partial charge in [-0.05, 0) is 12.1 Å². The minimum atomic E-state index is -1.18. The second-order valence-electron chi connectivity index (χ2n) is 3.26. The lowest BCUT2D eigenvalue weighted by molar-refractivity contribution is -0.137. The molecule has 1 rings (SSSR count). The first-order valence-electron chi connectivity index (χ1n) is 4.44. The number of anilines is 1. The quantitative estimate of drug-likeness (QED) is 0.738. The second kappa shape index (κ2) is 4.61. The molecule has 86 valence electrons. The molecule has 1 amide bonds. The molecule has 1 aromatic rings. The molecule has 0 atom stereocenters. The molecule has 1 aromatic carbocycles. The van der Waals surface area contributed by atoms with Gasteiger partial charge in [-0.25, -0.2) is 4.39 Å². The summed E-state index contributed by atoms with van der Waals surface area (Å²) in [5.41, 5.74) is 5.14. The number of carboxylic acid groups (broad SMARTS) is 1. The van der Waals surface area contributed by atoms with Crippen molar-refractivity contribution in [2.45, 2.75) is 0 Å². The van der Waals surface area contributed by atoms with Gasteiger partial charge in [-0.15, -0.1) is 0 Å². The van der Waals surface area contributed by atoms with Gasteiger partial charge >= 0.3 is 5.97 Å². The largest absolute Gasteiger partial charge is 0.480 e. The fourth-order valence-electron chi connectivity index (χ4n) is 1.23. The molecule has 0 heterocycles. The zero-order valence-electron chi connectivity index (χ0n) is 8.61. The smallest absolute Gasteiger partial charge is 0.323 e. The van der Waals surface area contributed by atoms with Crippen LogP contribution in [-0.2, 0) is 4.79 Å². The summed E-state index contributed by atoms with van der Waals surface area (Å²) >= 11 is 0. The Labute approximate surface area is 91.3 Å². The van der Waals surface area contributed by atoms with E-state index in [1.54, 1.807) is 0 Å². The number of nitrogens with zero attached hydrogens (tertiary/aromatic N) is 1. The van der Waals surface area contributed by atoms with Crippen LogP contribution in [0.2, 0.25) is 0 Å². The van der Waals surface area contributed by atoms with E-state index in [9.17, 15) is 14.0 Å². The number of halogens is 1. The lowest BCUT2D eigenvalue weighted by Crippen LogP contribution is -2.33. The van der Waals surface area contributed by atoms with Gasteiger partial charge in [-0.3, -0.25) is 9.59 Å². The normalized spacial score (nSPS) is 9.88. The number of nitrogens with two attached hydrogens (primary N) is 1. The Morgan fingerprint density at radius 1 is 1.50 bits per heavy atom. The predicted molar refractivity (Wildman–Crippen MR) is 55.4 cm³/mol. The molecule has 0 fully saturated rings. The molecule has 3 N–H and O–H groups in total. The molecule has 5 nitrogen and oxygen atoms in total. The van der Waals surface area contributed by atoms with Crippen molar-refractivity contribution in [3.05, 3.63) is 29.6 Å². The lowest BCUT2D eigenvalue weighted by Gasteiger charge is -2.16. The number of carbonyl (C=O) groups excluding carboxylic acids is 1. The van der Waals surface area contributed by atoms with Crippen molar-refractivity contribution >= 4 is 17.6 Å². The summed E-state index contributed by atoms with van der Waals surface area (Å²) in [4.78, 5) is 22.9. The van der Waals surface area contributed by atoms with Crippen LogP contribution >= 0.6 is 0 Å². The Balaban J connectivity index is 3.00. The van der Waals surface area contributed by atoms with E-state index in [0.717, 1.165) is 11.0 Å². The molecular formula is C10H11FN2O3. The van der Waals surface area contributed by atoms with Crippen LogP contribution in [0.4, 0.5) is 10.1 Å². The number of nitrogen functional groups attached to an aromatic ring is 1. The average molecular weight is 226 g/mol. The molecule has 6 heteroatoms. The van der Waals surface area contributed by atoms with Gasteiger partial charge in [0.2, 0.25) is 0 Å². The Hall–Kier alpha value is -2.11. The molecule has 0 aliphatic heterocycles. The molecule has 0 spiro atoms. The molecular weight excluding hydrogens is 215 g/mol. The van der Waals surface area contributed by atoms with Crippen LogP contribution in [-0.4, -0.2) is 35.5 Å². The predicted octanol–water partition coefficient (Wildman–Crippen LogP) is 0.564. The van der Waals surface area contributed by atoms with Crippen molar-refractivity contribution in [2.24, 2.45) is 0 Å². The fraction of sp³-hybridized carbons (Fsp3) is 0.200. The SMILES string of the molecule is CN(CC(=O)O)C(=O)c1c(N)cccc1F. The number of amides is 1. The van der Waals surface area contributed by atoms with Crippen LogP contribution < -0.4 is 5.73 Å². The minimum absolute atomic E-state index is 0.0118. The summed E-state index contributed by atoms with van der Waals surface area (Å²) in [6.07, 6.45) is 0. The molecule has 0 saturated carbocycles. The van der Waals surface area contributed by atoms with E-state index in [1.165, 1.54) is 19.2 Å². The molecule has 0 unspecified atom stereocenters. The third-order valence-electron chi connectivity index (χ3n) is 1.98. The summed E-state index contributed by atoms with van der Waals surface area (Å²) < 4.78 is 13.3. The zero-order valence-corrected chi connectivity index (χ0v) is 8.61. The van der Waals surface area contributed by atoms with Crippen LogP contribution in [0, 0.1) is 5.82 Å². The highest BCUT2D eigenvalue weighted by molar-refractivity contribution is 6.00. The van der Waals surface area contributed by atoms with Crippen molar-refractivity contribution in [3.8, 4) is 0 Å². The van der Waals surface area contributed by atoms with Crippen LogP contribution in [0.5, 0.6) is 0 Å². The maximum absolute atomic E-state index is 13.3. The highest BCUT2D eigenvalue weighted by Crippen LogP contribution is 2.17. The van der Waals surface area contributed by atoms with E-state index >= 15 is 0 Å². The monoisotopic (exact) mass is 226 g/mol. The molecule has 0 aromatic heterocycles. The summed E-state index contributed by atoms with van der Waals surface area (Å²) in [5, 5.41) is 8.50. The first-order valence-corrected chi connectivity index (χ1v) is 4.44. The van der Waals surface area contributed by atoms with Gasteiger partial charge in [0.15, 0.2) is 0 Å². The number of rotatable bonds is 3. The topological polar surface area (TPSA) is 83.6 Å². The number of carboxylic acids is 1. The van der Waals surface area contributed by atoms with Crippen LogP contribution in [0.25, 0.3) is 0 Å². The zero-order chi connectivity index (χ0) is 12.3. The van der Waals surface area contributed by atoms with E-state index in [1.807, 2.05) is 0 Å². The molecule has 0 saturated heterocycles. The Morgan fingerprint density at radius 2 is 2.12 bits per heavy atom. The first-order chi connectivity index (χ1) is 7.43. The number of hydrogen-bond acceptors (Lipinski definition) is 3. The third kappa shape index (κ3) is 2.47. The van der Waals surface area contributed by atoms with Gasteiger partial charge in [0.05, 0.1) is 5.56 Å². The molecule has 0 aliphatic rings. The van der Waals surface area contributed by atoms with E-state index < -0.39 is 24.2 Å². The summed E-state index contributed by atoms with van der Waals surface area (Å²) in [6, 6.07) is 3.85. The van der Waals surface area contributed by atoms with Crippen molar-refractivity contribution in [2.75, 3.05) is 19.3 Å². The van der Waals surface area contributed by atoms with Gasteiger partial charge in [-0.1, -0.05) is 6.07 Å². The van der Waals surface area contributed by atoms with E-state index in [0.29, 0.717) is 0 Å². The first kappa shape index (κ1) is 12.0. The molecule has 0 radical (unpaired) electrons. The summed E-state index contributed by atoms with van der Waals surface area (Å²) in [7, 11) is 1.27. The third-order valence-corrected chi connectivity index (χ3v) is 1.98. The number of benzene rings is 1. The number of likely N-dealkylation sites (N-methyl/N-ethyl adjacent to an activating group) is 1. The van der Waals surface area contributed by atoms with Gasteiger partial charge in [-0.2, -0.15) is 0 Å². The van der Waals surface area contributed by atoms with E-state index in [-0.39, 0.29) is 11.3 Å². The van der Waals surface area contributed by atoms with Crippen molar-refractivity contribution in [3.63, 3.8) is 0 Å². The molecule has 0 bridgehead atoms. The van der Waals surface area contributed by atoms with Crippen LogP contribution in [0.3, 0.4) is 0 Å². The second-order valence-corrected chi connectivity index (χ2v) is 3.26. The van der Waals surface area contributed by atoms with Crippen molar-refractivity contribution in [1.29, 1.82) is 0 Å². The van der Waals surface area contributed by atoms with Gasteiger partial charge < -0.3 is 15.7 Å². The Bertz CT molecular complexity index is 414. The molecule has 16 heavy (non-hydrogen) atoms. The average Bonchev–Trinajstić information content (AvgIpc) is 2.16. The number of aliphatic carboxylic acids is 1.